The lowest BCUT2D eigenvalue weighted by molar-refractivity contribution is -0.140. The quantitative estimate of drug-likeness (QED) is 0.234. The third-order valence-corrected chi connectivity index (χ3v) is 8.80. The molecule has 9 heteroatoms. The maximum atomic E-state index is 14.4. The maximum absolute atomic E-state index is 14.4. The number of hydrogen-bond donors (Lipinski definition) is 1. The molecule has 0 aliphatic carbocycles. The Labute approximate surface area is 254 Å². The number of carbonyl (C=O) groups excluding carboxylic acids is 2. The van der Waals surface area contributed by atoms with E-state index in [1.54, 1.807) is 30.3 Å². The number of nitrogens with zero attached hydrogens (tertiary/aromatic N) is 2. The van der Waals surface area contributed by atoms with Crippen LogP contribution in [0.15, 0.2) is 114 Å². The molecule has 4 rings (SSSR count). The Morgan fingerprint density at radius 2 is 1.42 bits per heavy atom. The number of carbonyl (C=O) groups is 2. The zero-order valence-electron chi connectivity index (χ0n) is 24.6. The molecule has 1 atom stereocenters. The fraction of sp³-hybridized carbons (Fsp3) is 0.235. The van der Waals surface area contributed by atoms with E-state index in [-0.39, 0.29) is 29.5 Å². The van der Waals surface area contributed by atoms with Crippen LogP contribution in [0.2, 0.25) is 0 Å². The van der Waals surface area contributed by atoms with E-state index in [9.17, 15) is 18.0 Å². The molecule has 4 aromatic carbocycles. The Hall–Kier alpha value is -4.63. The molecule has 2 amide bonds. The number of aryl methyl sites for hydroxylation is 1. The normalized spacial score (nSPS) is 11.8. The fourth-order valence-corrected chi connectivity index (χ4v) is 6.29. The van der Waals surface area contributed by atoms with Crippen molar-refractivity contribution in [3.05, 3.63) is 126 Å². The number of amides is 2. The van der Waals surface area contributed by atoms with E-state index in [4.69, 9.17) is 4.74 Å². The predicted octanol–water partition coefficient (Wildman–Crippen LogP) is 4.98. The predicted molar refractivity (Wildman–Crippen MR) is 168 cm³/mol. The third kappa shape index (κ3) is 7.81. The van der Waals surface area contributed by atoms with Gasteiger partial charge < -0.3 is 15.0 Å². The molecular formula is C34H37N3O5S. The fourth-order valence-electron chi connectivity index (χ4n) is 4.85. The number of rotatable bonds is 13. The minimum Gasteiger partial charge on any atom is -0.495 e. The Balaban J connectivity index is 1.82. The molecule has 0 radical (unpaired) electrons. The highest BCUT2D eigenvalue weighted by atomic mass is 32.2. The van der Waals surface area contributed by atoms with Crippen LogP contribution in [0.1, 0.15) is 23.6 Å². The topological polar surface area (TPSA) is 96.0 Å². The van der Waals surface area contributed by atoms with Gasteiger partial charge in [0.15, 0.2) is 0 Å². The molecular weight excluding hydrogens is 562 g/mol. The molecule has 0 aliphatic heterocycles. The van der Waals surface area contributed by atoms with Crippen molar-refractivity contribution in [3.63, 3.8) is 0 Å². The zero-order valence-corrected chi connectivity index (χ0v) is 25.5. The minimum absolute atomic E-state index is 0.0329. The average molecular weight is 600 g/mol. The van der Waals surface area contributed by atoms with Gasteiger partial charge in [-0.1, -0.05) is 84.9 Å². The van der Waals surface area contributed by atoms with Gasteiger partial charge in [0.2, 0.25) is 11.8 Å². The van der Waals surface area contributed by atoms with Crippen LogP contribution < -0.4 is 14.4 Å². The van der Waals surface area contributed by atoms with E-state index in [0.717, 1.165) is 21.0 Å². The number of benzene rings is 4. The molecule has 0 saturated carbocycles. The van der Waals surface area contributed by atoms with Gasteiger partial charge in [0.1, 0.15) is 18.3 Å². The molecule has 0 aliphatic rings. The SMILES string of the molecule is CCNC(=O)[C@H](Cc1ccccc1)N(Cc1ccccc1)C(=O)CN(c1cc(C)ccc1OC)S(=O)(=O)c1ccccc1. The first kappa shape index (κ1) is 31.3. The second kappa shape index (κ2) is 14.5. The summed E-state index contributed by atoms with van der Waals surface area (Å²) >= 11 is 0. The molecule has 0 unspecified atom stereocenters. The van der Waals surface area contributed by atoms with Crippen molar-refractivity contribution in [3.8, 4) is 5.75 Å². The summed E-state index contributed by atoms with van der Waals surface area (Å²) in [6, 6.07) is 31.0. The number of sulfonamides is 1. The molecule has 43 heavy (non-hydrogen) atoms. The van der Waals surface area contributed by atoms with E-state index < -0.39 is 28.5 Å². The van der Waals surface area contributed by atoms with Crippen LogP contribution in [0.25, 0.3) is 0 Å². The first-order chi connectivity index (χ1) is 20.7. The van der Waals surface area contributed by atoms with Gasteiger partial charge in [0.05, 0.1) is 17.7 Å². The maximum Gasteiger partial charge on any atom is 0.264 e. The summed E-state index contributed by atoms with van der Waals surface area (Å²) in [4.78, 5) is 29.5. The van der Waals surface area contributed by atoms with Crippen LogP contribution in [-0.4, -0.2) is 51.4 Å². The highest BCUT2D eigenvalue weighted by Gasteiger charge is 2.35. The molecule has 1 N–H and O–H groups in total. The van der Waals surface area contributed by atoms with Gasteiger partial charge in [0, 0.05) is 19.5 Å². The summed E-state index contributed by atoms with van der Waals surface area (Å²) in [5, 5.41) is 2.87. The summed E-state index contributed by atoms with van der Waals surface area (Å²) in [6.07, 6.45) is 0.254. The van der Waals surface area contributed by atoms with Crippen molar-refractivity contribution in [2.45, 2.75) is 37.8 Å². The van der Waals surface area contributed by atoms with Crippen molar-refractivity contribution in [2.24, 2.45) is 0 Å². The van der Waals surface area contributed by atoms with Gasteiger partial charge >= 0.3 is 0 Å². The number of ether oxygens (including phenoxy) is 1. The molecule has 0 saturated heterocycles. The molecule has 4 aromatic rings. The highest BCUT2D eigenvalue weighted by molar-refractivity contribution is 7.92. The van der Waals surface area contributed by atoms with E-state index in [2.05, 4.69) is 5.32 Å². The lowest BCUT2D eigenvalue weighted by atomic mass is 10.0. The van der Waals surface area contributed by atoms with Crippen molar-refractivity contribution < 1.29 is 22.7 Å². The molecule has 224 valence electrons. The lowest BCUT2D eigenvalue weighted by Gasteiger charge is -2.34. The summed E-state index contributed by atoms with van der Waals surface area (Å²) in [6.45, 7) is 3.60. The first-order valence-electron chi connectivity index (χ1n) is 14.1. The summed E-state index contributed by atoms with van der Waals surface area (Å²) in [7, 11) is -2.76. The number of hydrogen-bond acceptors (Lipinski definition) is 5. The van der Waals surface area contributed by atoms with Crippen LogP contribution in [0.5, 0.6) is 5.75 Å². The Bertz CT molecular complexity index is 1610. The number of methoxy groups -OCH3 is 1. The Morgan fingerprint density at radius 1 is 0.837 bits per heavy atom. The van der Waals surface area contributed by atoms with Crippen molar-refractivity contribution in [2.75, 3.05) is 24.5 Å². The van der Waals surface area contributed by atoms with E-state index in [1.165, 1.54) is 24.1 Å². The van der Waals surface area contributed by atoms with Gasteiger partial charge in [-0.2, -0.15) is 0 Å². The van der Waals surface area contributed by atoms with E-state index >= 15 is 0 Å². The van der Waals surface area contributed by atoms with Gasteiger partial charge in [0.25, 0.3) is 10.0 Å². The van der Waals surface area contributed by atoms with E-state index in [1.807, 2.05) is 80.6 Å². The molecule has 0 bridgehead atoms. The molecule has 0 aromatic heterocycles. The zero-order chi connectivity index (χ0) is 30.8. The molecule has 0 spiro atoms. The Kier molecular flexibility index (Phi) is 10.6. The molecule has 0 heterocycles. The van der Waals surface area contributed by atoms with Crippen LogP contribution in [0.3, 0.4) is 0 Å². The van der Waals surface area contributed by atoms with Crippen molar-refractivity contribution in [1.29, 1.82) is 0 Å². The van der Waals surface area contributed by atoms with Gasteiger partial charge in [-0.25, -0.2) is 8.42 Å². The van der Waals surface area contributed by atoms with Gasteiger partial charge in [-0.05, 0) is 54.8 Å². The molecule has 8 nitrogen and oxygen atoms in total. The Morgan fingerprint density at radius 3 is 2.00 bits per heavy atom. The van der Waals surface area contributed by atoms with Crippen LogP contribution in [-0.2, 0) is 32.6 Å². The summed E-state index contributed by atoms with van der Waals surface area (Å²) < 4.78 is 34.9. The largest absolute Gasteiger partial charge is 0.495 e. The van der Waals surface area contributed by atoms with E-state index in [0.29, 0.717) is 12.3 Å². The molecule has 0 fully saturated rings. The number of nitrogens with one attached hydrogen (secondary N) is 1. The second-order valence-electron chi connectivity index (χ2n) is 10.1. The monoisotopic (exact) mass is 599 g/mol. The van der Waals surface area contributed by atoms with Gasteiger partial charge in [-0.15, -0.1) is 0 Å². The average Bonchev–Trinajstić information content (AvgIpc) is 3.03. The van der Waals surface area contributed by atoms with Gasteiger partial charge in [-0.3, -0.25) is 13.9 Å². The smallest absolute Gasteiger partial charge is 0.264 e. The van der Waals surface area contributed by atoms with Crippen LogP contribution >= 0.6 is 0 Å². The summed E-state index contributed by atoms with van der Waals surface area (Å²) in [5.74, 6) is -0.544. The highest BCUT2D eigenvalue weighted by Crippen LogP contribution is 2.33. The minimum atomic E-state index is -4.21. The van der Waals surface area contributed by atoms with Crippen molar-refractivity contribution in [1.82, 2.24) is 10.2 Å². The van der Waals surface area contributed by atoms with Crippen LogP contribution in [0.4, 0.5) is 5.69 Å². The second-order valence-corrected chi connectivity index (χ2v) is 12.0. The lowest BCUT2D eigenvalue weighted by Crippen LogP contribution is -2.53. The summed E-state index contributed by atoms with van der Waals surface area (Å²) in [5.41, 5.74) is 2.71. The standard InChI is InChI=1S/C34H37N3O5S/c1-4-35-34(39)31(23-27-14-8-5-9-15-27)36(24-28-16-10-6-11-17-28)33(38)25-37(30-22-26(2)20-21-32(30)42-3)43(40,41)29-18-12-7-13-19-29/h5-22,31H,4,23-25H2,1-3H3,(H,35,39)/t31-/m0/s1. The first-order valence-corrected chi connectivity index (χ1v) is 15.6. The third-order valence-electron chi connectivity index (χ3n) is 7.03. The van der Waals surface area contributed by atoms with Crippen molar-refractivity contribution >= 4 is 27.5 Å². The van der Waals surface area contributed by atoms with Crippen LogP contribution in [0, 0.1) is 6.92 Å². The number of anilines is 1. The number of likely N-dealkylation sites (N-methyl/N-ethyl adjacent to an activating group) is 1.